The highest BCUT2D eigenvalue weighted by molar-refractivity contribution is 5.82. The molecular formula is C29H38N6O. The molecule has 7 nitrogen and oxygen atoms in total. The Morgan fingerprint density at radius 2 is 1.78 bits per heavy atom. The second-order valence-electron chi connectivity index (χ2n) is 11.2. The Kier molecular flexibility index (Phi) is 7.41. The number of fused-ring (bicyclic) bond motifs is 1. The van der Waals surface area contributed by atoms with Gasteiger partial charge in [-0.15, -0.1) is 5.10 Å². The van der Waals surface area contributed by atoms with E-state index in [0.29, 0.717) is 6.54 Å². The van der Waals surface area contributed by atoms with E-state index < -0.39 is 0 Å². The molecule has 0 bridgehead atoms. The Bertz CT molecular complexity index is 1380. The van der Waals surface area contributed by atoms with E-state index in [9.17, 15) is 4.79 Å². The smallest absolute Gasteiger partial charge is 0.252 e. The fourth-order valence-electron chi connectivity index (χ4n) is 5.04. The van der Waals surface area contributed by atoms with Gasteiger partial charge in [-0.3, -0.25) is 9.69 Å². The molecule has 0 radical (unpaired) electrons. The largest absolute Gasteiger partial charge is 0.321 e. The third-order valence-corrected chi connectivity index (χ3v) is 6.69. The van der Waals surface area contributed by atoms with Gasteiger partial charge in [-0.1, -0.05) is 55.8 Å². The summed E-state index contributed by atoms with van der Waals surface area (Å²) >= 11 is 0. The third kappa shape index (κ3) is 5.57. The highest BCUT2D eigenvalue weighted by Crippen LogP contribution is 2.31. The molecule has 2 aromatic heterocycles. The van der Waals surface area contributed by atoms with Gasteiger partial charge in [-0.2, -0.15) is 0 Å². The second kappa shape index (κ2) is 10.3. The van der Waals surface area contributed by atoms with Gasteiger partial charge in [0.1, 0.15) is 0 Å². The highest BCUT2D eigenvalue weighted by Gasteiger charge is 2.32. The number of nitrogens with zero attached hydrogens (tertiary/aromatic N) is 5. The molecule has 1 atom stereocenters. The van der Waals surface area contributed by atoms with Crippen LogP contribution in [-0.4, -0.2) is 36.6 Å². The zero-order valence-electron chi connectivity index (χ0n) is 22.5. The summed E-state index contributed by atoms with van der Waals surface area (Å²) in [6, 6.07) is 16.7. The van der Waals surface area contributed by atoms with Crippen LogP contribution in [0.15, 0.2) is 53.3 Å². The number of H-pyrrole nitrogens is 1. The first-order valence-electron chi connectivity index (χ1n) is 12.7. The van der Waals surface area contributed by atoms with E-state index in [4.69, 9.17) is 0 Å². The predicted molar refractivity (Wildman–Crippen MR) is 145 cm³/mol. The van der Waals surface area contributed by atoms with Crippen LogP contribution in [0.5, 0.6) is 0 Å². The Morgan fingerprint density at radius 3 is 2.44 bits per heavy atom. The van der Waals surface area contributed by atoms with Crippen LogP contribution < -0.4 is 5.56 Å². The molecule has 0 aliphatic rings. The molecule has 0 saturated carbocycles. The van der Waals surface area contributed by atoms with Gasteiger partial charge in [0.25, 0.3) is 5.56 Å². The standard InChI is InChI=1S/C29H38N6O/c1-19(2)26(27-31-32-33-35(27)29(5,6)7)34(14-13-22-11-9-8-10-12-22)18-24-17-23-16-20(3)15-21(4)25(23)30-28(24)36/h8-12,15-17,19,26H,13-14,18H2,1-7H3,(H,30,36)/t26-/m0/s1. The lowest BCUT2D eigenvalue weighted by molar-refractivity contribution is 0.129. The van der Waals surface area contributed by atoms with Crippen molar-refractivity contribution in [3.63, 3.8) is 0 Å². The van der Waals surface area contributed by atoms with Gasteiger partial charge in [0, 0.05) is 18.7 Å². The van der Waals surface area contributed by atoms with E-state index in [1.807, 2.05) is 23.7 Å². The van der Waals surface area contributed by atoms with Crippen LogP contribution in [0.1, 0.15) is 68.7 Å². The summed E-state index contributed by atoms with van der Waals surface area (Å²) in [5, 5.41) is 13.9. The first kappa shape index (κ1) is 25.8. The normalized spacial score (nSPS) is 13.1. The maximum Gasteiger partial charge on any atom is 0.252 e. The highest BCUT2D eigenvalue weighted by atomic mass is 16.1. The zero-order valence-corrected chi connectivity index (χ0v) is 22.5. The van der Waals surface area contributed by atoms with Crippen molar-refractivity contribution in [2.75, 3.05) is 6.54 Å². The number of nitrogens with one attached hydrogen (secondary N) is 1. The zero-order chi connectivity index (χ0) is 26.0. The summed E-state index contributed by atoms with van der Waals surface area (Å²) in [6.07, 6.45) is 0.866. The van der Waals surface area contributed by atoms with Crippen LogP contribution in [0.3, 0.4) is 0 Å². The molecule has 1 N–H and O–H groups in total. The van der Waals surface area contributed by atoms with Gasteiger partial charge in [-0.05, 0) is 86.0 Å². The fourth-order valence-corrected chi connectivity index (χ4v) is 5.04. The Labute approximate surface area is 213 Å². The van der Waals surface area contributed by atoms with Crippen molar-refractivity contribution in [1.82, 2.24) is 30.1 Å². The van der Waals surface area contributed by atoms with Crippen molar-refractivity contribution in [1.29, 1.82) is 0 Å². The molecule has 4 rings (SSSR count). The van der Waals surface area contributed by atoms with Crippen LogP contribution >= 0.6 is 0 Å². The molecule has 0 unspecified atom stereocenters. The number of pyridine rings is 1. The van der Waals surface area contributed by atoms with Crippen molar-refractivity contribution in [3.05, 3.63) is 87.0 Å². The van der Waals surface area contributed by atoms with E-state index in [2.05, 4.69) is 103 Å². The summed E-state index contributed by atoms with van der Waals surface area (Å²) in [4.78, 5) is 18.8. The molecule has 0 spiro atoms. The lowest BCUT2D eigenvalue weighted by Gasteiger charge is -2.35. The molecule has 2 aromatic carbocycles. The first-order valence-corrected chi connectivity index (χ1v) is 12.7. The lowest BCUT2D eigenvalue weighted by Crippen LogP contribution is -2.39. The quantitative estimate of drug-likeness (QED) is 0.364. The second-order valence-corrected chi connectivity index (χ2v) is 11.2. The van der Waals surface area contributed by atoms with Crippen LogP contribution in [0.2, 0.25) is 0 Å². The minimum atomic E-state index is -0.257. The maximum atomic E-state index is 13.3. The molecule has 7 heteroatoms. The summed E-state index contributed by atoms with van der Waals surface area (Å²) in [6.45, 7) is 16.1. The number of aromatic amines is 1. The Hall–Kier alpha value is -3.32. The number of hydrogen-bond donors (Lipinski definition) is 1. The van der Waals surface area contributed by atoms with Crippen LogP contribution in [0, 0.1) is 19.8 Å². The summed E-state index contributed by atoms with van der Waals surface area (Å²) in [5.41, 5.74) is 4.88. The molecule has 0 aliphatic heterocycles. The minimum absolute atomic E-state index is 0.0444. The number of aryl methyl sites for hydroxylation is 2. The molecule has 0 amide bonds. The average Bonchev–Trinajstić information content (AvgIpc) is 3.29. The molecule has 4 aromatic rings. The third-order valence-electron chi connectivity index (χ3n) is 6.69. The summed E-state index contributed by atoms with van der Waals surface area (Å²) < 4.78 is 1.92. The molecule has 0 saturated heterocycles. The molecule has 0 aliphatic carbocycles. The summed E-state index contributed by atoms with van der Waals surface area (Å²) in [5.74, 6) is 1.06. The van der Waals surface area contributed by atoms with Gasteiger partial charge in [-0.25, -0.2) is 4.68 Å². The Balaban J connectivity index is 1.77. The Morgan fingerprint density at radius 1 is 1.06 bits per heavy atom. The van der Waals surface area contributed by atoms with E-state index in [-0.39, 0.29) is 23.1 Å². The number of aromatic nitrogens is 5. The van der Waals surface area contributed by atoms with Crippen LogP contribution in [0.4, 0.5) is 0 Å². The molecule has 0 fully saturated rings. The number of rotatable bonds is 8. The number of hydrogen-bond acceptors (Lipinski definition) is 5. The molecule has 190 valence electrons. The van der Waals surface area contributed by atoms with Gasteiger partial charge in [0.15, 0.2) is 5.82 Å². The molecular weight excluding hydrogens is 448 g/mol. The van der Waals surface area contributed by atoms with Crippen molar-refractivity contribution >= 4 is 10.9 Å². The van der Waals surface area contributed by atoms with Crippen molar-refractivity contribution in [2.24, 2.45) is 5.92 Å². The van der Waals surface area contributed by atoms with Gasteiger partial charge < -0.3 is 4.98 Å². The van der Waals surface area contributed by atoms with Crippen molar-refractivity contribution < 1.29 is 0 Å². The molecule has 36 heavy (non-hydrogen) atoms. The predicted octanol–water partition coefficient (Wildman–Crippen LogP) is 5.33. The van der Waals surface area contributed by atoms with Crippen molar-refractivity contribution in [2.45, 2.75) is 73.0 Å². The van der Waals surface area contributed by atoms with Crippen LogP contribution in [0.25, 0.3) is 10.9 Å². The van der Waals surface area contributed by atoms with Gasteiger partial charge >= 0.3 is 0 Å². The monoisotopic (exact) mass is 486 g/mol. The van der Waals surface area contributed by atoms with E-state index >= 15 is 0 Å². The number of benzene rings is 2. The molecule has 2 heterocycles. The lowest BCUT2D eigenvalue weighted by atomic mass is 9.98. The van der Waals surface area contributed by atoms with E-state index in [1.54, 1.807) is 0 Å². The van der Waals surface area contributed by atoms with Gasteiger partial charge in [0.2, 0.25) is 0 Å². The number of tetrazole rings is 1. The van der Waals surface area contributed by atoms with Crippen LogP contribution in [-0.2, 0) is 18.5 Å². The first-order chi connectivity index (χ1) is 17.0. The maximum absolute atomic E-state index is 13.3. The van der Waals surface area contributed by atoms with Gasteiger partial charge in [0.05, 0.1) is 17.1 Å². The van der Waals surface area contributed by atoms with E-state index in [0.717, 1.165) is 40.8 Å². The minimum Gasteiger partial charge on any atom is -0.321 e. The van der Waals surface area contributed by atoms with E-state index in [1.165, 1.54) is 11.1 Å². The van der Waals surface area contributed by atoms with Crippen molar-refractivity contribution in [3.8, 4) is 0 Å². The summed E-state index contributed by atoms with van der Waals surface area (Å²) in [7, 11) is 0. The fraction of sp³-hybridized carbons (Fsp3) is 0.448. The average molecular weight is 487 g/mol. The SMILES string of the molecule is Cc1cc(C)c2[nH]c(=O)c(CN(CCc3ccccc3)[C@H](c3nnnn3C(C)(C)C)C(C)C)cc2c1. The topological polar surface area (TPSA) is 79.7 Å².